The largest absolute Gasteiger partial charge is 0.508 e. The quantitative estimate of drug-likeness (QED) is 0.297. The highest BCUT2D eigenvalue weighted by Gasteiger charge is 2.34. The number of phenolic OH excluding ortho intramolecular Hbond substituents is 1. The van der Waals surface area contributed by atoms with Gasteiger partial charge >= 0.3 is 6.01 Å². The minimum Gasteiger partial charge on any atom is -0.508 e. The van der Waals surface area contributed by atoms with Crippen LogP contribution in [0.1, 0.15) is 37.7 Å². The number of halogens is 2. The average Bonchev–Trinajstić information content (AvgIpc) is 3.54. The lowest BCUT2D eigenvalue weighted by Crippen LogP contribution is -2.31. The maximum absolute atomic E-state index is 16.1. The Balaban J connectivity index is 0.000000323. The van der Waals surface area contributed by atoms with Crippen LogP contribution in [0.5, 0.6) is 11.8 Å². The van der Waals surface area contributed by atoms with Gasteiger partial charge in [-0.25, -0.2) is 8.78 Å². The highest BCUT2D eigenvalue weighted by molar-refractivity contribution is 6.02. The Hall–Kier alpha value is -4.11. The molecule has 0 spiro atoms. The first-order valence-corrected chi connectivity index (χ1v) is 14.9. The van der Waals surface area contributed by atoms with E-state index in [4.69, 9.17) is 11.2 Å². The van der Waals surface area contributed by atoms with E-state index in [-0.39, 0.29) is 35.9 Å². The fraction of sp³-hybridized carbons (Fsp3) is 0.424. The Morgan fingerprint density at radius 3 is 2.68 bits per heavy atom. The lowest BCUT2D eigenvalue weighted by Gasteiger charge is -2.24. The van der Waals surface area contributed by atoms with E-state index < -0.39 is 24.2 Å². The van der Waals surface area contributed by atoms with E-state index in [1.165, 1.54) is 32.2 Å². The van der Waals surface area contributed by atoms with E-state index in [9.17, 15) is 19.7 Å². The summed E-state index contributed by atoms with van der Waals surface area (Å²) < 4.78 is 33.9. The van der Waals surface area contributed by atoms with Crippen molar-refractivity contribution in [3.63, 3.8) is 0 Å². The van der Waals surface area contributed by atoms with E-state index >= 15 is 4.39 Å². The van der Waals surface area contributed by atoms with Gasteiger partial charge < -0.3 is 25.0 Å². The molecule has 3 aliphatic heterocycles. The Bertz CT molecular complexity index is 1720. The number of aliphatic hydroxyl groups is 2. The van der Waals surface area contributed by atoms with Gasteiger partial charge in [0.05, 0.1) is 24.7 Å². The number of β-amino-alcohol motifs (C(OH)–C–C–N with tert-alkyl or cyclic N) is 1. The van der Waals surface area contributed by atoms with Crippen molar-refractivity contribution in [2.75, 3.05) is 38.2 Å². The van der Waals surface area contributed by atoms with Crippen LogP contribution in [0.4, 0.5) is 14.6 Å². The van der Waals surface area contributed by atoms with Gasteiger partial charge in [0.1, 0.15) is 28.9 Å². The second-order valence-corrected chi connectivity index (χ2v) is 11.7. The molecule has 3 aliphatic rings. The van der Waals surface area contributed by atoms with Crippen molar-refractivity contribution in [1.82, 2.24) is 19.9 Å². The van der Waals surface area contributed by atoms with E-state index in [0.29, 0.717) is 58.7 Å². The molecule has 0 saturated carbocycles. The molecule has 230 valence electrons. The molecule has 0 amide bonds. The fourth-order valence-electron chi connectivity index (χ4n) is 6.64. The van der Waals surface area contributed by atoms with Crippen molar-refractivity contribution in [3.05, 3.63) is 47.9 Å². The molecule has 9 nitrogen and oxygen atoms in total. The van der Waals surface area contributed by atoms with Crippen LogP contribution >= 0.6 is 0 Å². The molecule has 3 unspecified atom stereocenters. The Morgan fingerprint density at radius 1 is 1.07 bits per heavy atom. The topological polar surface area (TPSA) is 115 Å². The second kappa shape index (κ2) is 12.5. The monoisotopic (exact) mass is 603 g/mol. The smallest absolute Gasteiger partial charge is 0.318 e. The van der Waals surface area contributed by atoms with Crippen molar-refractivity contribution in [2.24, 2.45) is 0 Å². The SMILES string of the molecule is C#Cc1cccc2cc(O)cc(-c3ncc4c(N5CCC(O)C[C@H](O)C5)nc(OC)nc4c3F)c12.FC1CC2CCCN2C1. The van der Waals surface area contributed by atoms with E-state index in [1.54, 1.807) is 29.2 Å². The fourth-order valence-corrected chi connectivity index (χ4v) is 6.64. The summed E-state index contributed by atoms with van der Waals surface area (Å²) in [6.45, 7) is 2.47. The first-order valence-electron chi connectivity index (χ1n) is 14.9. The number of terminal acetylenes is 1. The van der Waals surface area contributed by atoms with Crippen molar-refractivity contribution in [3.8, 4) is 35.4 Å². The van der Waals surface area contributed by atoms with Crippen molar-refractivity contribution in [2.45, 2.75) is 56.5 Å². The van der Waals surface area contributed by atoms with Gasteiger partial charge in [0.2, 0.25) is 0 Å². The number of aromatic hydroxyl groups is 1. The minimum absolute atomic E-state index is 0.0224. The summed E-state index contributed by atoms with van der Waals surface area (Å²) in [5, 5.41) is 32.2. The van der Waals surface area contributed by atoms with Crippen LogP contribution in [0.2, 0.25) is 0 Å². The van der Waals surface area contributed by atoms with E-state index in [1.807, 2.05) is 0 Å². The van der Waals surface area contributed by atoms with Crippen LogP contribution in [0, 0.1) is 18.2 Å². The third-order valence-corrected chi connectivity index (χ3v) is 8.66. The molecule has 2 aromatic heterocycles. The Morgan fingerprint density at radius 2 is 1.91 bits per heavy atom. The molecule has 5 heterocycles. The third-order valence-electron chi connectivity index (χ3n) is 8.66. The molecule has 3 fully saturated rings. The van der Waals surface area contributed by atoms with Gasteiger partial charge in [-0.1, -0.05) is 18.1 Å². The molecule has 7 rings (SSSR count). The number of pyridine rings is 1. The molecule has 0 bridgehead atoms. The molecule has 4 atom stereocenters. The Labute approximate surface area is 254 Å². The number of methoxy groups -OCH3 is 1. The molecule has 0 radical (unpaired) electrons. The average molecular weight is 604 g/mol. The number of anilines is 1. The van der Waals surface area contributed by atoms with Gasteiger partial charge in [-0.3, -0.25) is 9.88 Å². The molecule has 4 aromatic rings. The van der Waals surface area contributed by atoms with E-state index in [2.05, 4.69) is 25.8 Å². The summed E-state index contributed by atoms with van der Waals surface area (Å²) in [4.78, 5) is 17.1. The van der Waals surface area contributed by atoms with Gasteiger partial charge in [0.25, 0.3) is 0 Å². The van der Waals surface area contributed by atoms with Crippen LogP contribution in [0.3, 0.4) is 0 Å². The van der Waals surface area contributed by atoms with Crippen LogP contribution < -0.4 is 9.64 Å². The number of rotatable bonds is 3. The van der Waals surface area contributed by atoms with Gasteiger partial charge in [-0.15, -0.1) is 6.42 Å². The van der Waals surface area contributed by atoms with Gasteiger partial charge in [-0.2, -0.15) is 9.97 Å². The lowest BCUT2D eigenvalue weighted by molar-refractivity contribution is 0.0925. The maximum Gasteiger partial charge on any atom is 0.318 e. The summed E-state index contributed by atoms with van der Waals surface area (Å²) in [6.07, 6.45) is 9.22. The number of hydrogen-bond donors (Lipinski definition) is 3. The highest BCUT2D eigenvalue weighted by atomic mass is 19.1. The van der Waals surface area contributed by atoms with Crippen molar-refractivity contribution >= 4 is 27.5 Å². The number of aromatic nitrogens is 3. The summed E-state index contributed by atoms with van der Waals surface area (Å²) in [6, 6.07) is 8.83. The van der Waals surface area contributed by atoms with Gasteiger partial charge in [0.15, 0.2) is 5.82 Å². The van der Waals surface area contributed by atoms with Crippen LogP contribution in [-0.2, 0) is 0 Å². The third kappa shape index (κ3) is 5.85. The number of fused-ring (bicyclic) bond motifs is 3. The molecular formula is C33H35F2N5O4. The number of hydrogen-bond acceptors (Lipinski definition) is 9. The zero-order chi connectivity index (χ0) is 31.0. The van der Waals surface area contributed by atoms with Crippen LogP contribution in [0.15, 0.2) is 36.5 Å². The normalized spacial score (nSPS) is 23.6. The maximum atomic E-state index is 16.1. The van der Waals surface area contributed by atoms with Crippen molar-refractivity contribution in [1.29, 1.82) is 0 Å². The number of nitrogens with zero attached hydrogens (tertiary/aromatic N) is 5. The van der Waals surface area contributed by atoms with Gasteiger partial charge in [0, 0.05) is 54.8 Å². The molecule has 11 heteroatoms. The van der Waals surface area contributed by atoms with Crippen molar-refractivity contribution < 1.29 is 28.8 Å². The molecule has 2 aromatic carbocycles. The Kier molecular flexibility index (Phi) is 8.49. The van der Waals surface area contributed by atoms with Gasteiger partial charge in [-0.05, 0) is 55.8 Å². The second-order valence-electron chi connectivity index (χ2n) is 11.7. The number of phenols is 1. The molecule has 0 aliphatic carbocycles. The zero-order valence-electron chi connectivity index (χ0n) is 24.5. The molecule has 3 N–H and O–H groups in total. The standard InChI is InChI=1S/C26H23FN4O4.C7H12FN/c1-3-14-5-4-6-15-9-17(33)11-19(21(14)15)23-22(27)24-20(12-28-23)25(30-26(29-24)35-2)31-8-7-16(32)10-18(34)13-31;8-6-4-7-2-1-3-9(7)5-6/h1,4-6,9,11-12,16,18,32-34H,7-8,10,13H2,2H3;6-7H,1-5H2/t16?,18-;/m0./s1. The predicted octanol–water partition coefficient (Wildman–Crippen LogP) is 4.19. The van der Waals surface area contributed by atoms with Crippen LogP contribution in [-0.4, -0.2) is 92.9 Å². The zero-order valence-corrected chi connectivity index (χ0v) is 24.5. The summed E-state index contributed by atoms with van der Waals surface area (Å²) in [7, 11) is 1.38. The van der Waals surface area contributed by atoms with E-state index in [0.717, 1.165) is 13.0 Å². The minimum atomic E-state index is -0.776. The summed E-state index contributed by atoms with van der Waals surface area (Å²) in [5.41, 5.74) is 0.821. The lowest BCUT2D eigenvalue weighted by atomic mass is 9.96. The molecular weight excluding hydrogens is 568 g/mol. The molecule has 3 saturated heterocycles. The first-order chi connectivity index (χ1) is 21.2. The highest BCUT2D eigenvalue weighted by Crippen LogP contribution is 2.38. The summed E-state index contributed by atoms with van der Waals surface area (Å²) in [5.74, 6) is 2.18. The predicted molar refractivity (Wildman–Crippen MR) is 164 cm³/mol. The van der Waals surface area contributed by atoms with Crippen LogP contribution in [0.25, 0.3) is 32.9 Å². The number of benzene rings is 2. The summed E-state index contributed by atoms with van der Waals surface area (Å²) >= 11 is 0. The number of aliphatic hydroxyl groups excluding tert-OH is 2. The first kappa shape index (κ1) is 29.9. The number of ether oxygens (including phenoxy) is 1. The number of alkyl halides is 1. The molecule has 44 heavy (non-hydrogen) atoms.